The standard InChI is InChI=1S/C13H18FNO/c1-3-4-9-15(2)13(16)10-11-5-7-12(14)8-6-11/h5-8H,3-4,9-10H2,1-2H3. The van der Waals surface area contributed by atoms with Gasteiger partial charge in [0.1, 0.15) is 5.82 Å². The number of nitrogens with zero attached hydrogens (tertiary/aromatic N) is 1. The Kier molecular flexibility index (Phi) is 4.96. The molecule has 0 heterocycles. The Morgan fingerprint density at radius 2 is 1.94 bits per heavy atom. The minimum atomic E-state index is -0.268. The average molecular weight is 223 g/mol. The van der Waals surface area contributed by atoms with E-state index >= 15 is 0 Å². The molecule has 3 heteroatoms. The summed E-state index contributed by atoms with van der Waals surface area (Å²) >= 11 is 0. The van der Waals surface area contributed by atoms with Crippen LogP contribution >= 0.6 is 0 Å². The quantitative estimate of drug-likeness (QED) is 0.751. The van der Waals surface area contributed by atoms with Gasteiger partial charge in [0.2, 0.25) is 5.91 Å². The van der Waals surface area contributed by atoms with E-state index in [0.717, 1.165) is 24.9 Å². The first-order valence-electron chi connectivity index (χ1n) is 5.62. The van der Waals surface area contributed by atoms with Crippen LogP contribution in [0, 0.1) is 5.82 Å². The van der Waals surface area contributed by atoms with Gasteiger partial charge in [-0.25, -0.2) is 4.39 Å². The van der Waals surface area contributed by atoms with Gasteiger partial charge in [-0.05, 0) is 24.1 Å². The molecular formula is C13H18FNO. The molecule has 0 bridgehead atoms. The molecule has 1 aromatic carbocycles. The third-order valence-electron chi connectivity index (χ3n) is 2.54. The predicted octanol–water partition coefficient (Wildman–Crippen LogP) is 2.63. The predicted molar refractivity (Wildman–Crippen MR) is 62.6 cm³/mol. The Morgan fingerprint density at radius 3 is 2.50 bits per heavy atom. The van der Waals surface area contributed by atoms with Crippen molar-refractivity contribution in [2.45, 2.75) is 26.2 Å². The normalized spacial score (nSPS) is 10.2. The van der Waals surface area contributed by atoms with Gasteiger partial charge in [0.25, 0.3) is 0 Å². The van der Waals surface area contributed by atoms with Crippen molar-refractivity contribution in [1.29, 1.82) is 0 Å². The number of likely N-dealkylation sites (N-methyl/N-ethyl adjacent to an activating group) is 1. The molecule has 0 spiro atoms. The maximum absolute atomic E-state index is 12.7. The Labute approximate surface area is 96.1 Å². The molecule has 0 fully saturated rings. The largest absolute Gasteiger partial charge is 0.345 e. The van der Waals surface area contributed by atoms with Crippen molar-refractivity contribution < 1.29 is 9.18 Å². The fourth-order valence-electron chi connectivity index (χ4n) is 1.43. The van der Waals surface area contributed by atoms with Crippen molar-refractivity contribution in [3.8, 4) is 0 Å². The van der Waals surface area contributed by atoms with Crippen molar-refractivity contribution in [2.24, 2.45) is 0 Å². The summed E-state index contributed by atoms with van der Waals surface area (Å²) in [6.07, 6.45) is 2.44. The van der Waals surface area contributed by atoms with Gasteiger partial charge >= 0.3 is 0 Å². The maximum Gasteiger partial charge on any atom is 0.226 e. The van der Waals surface area contributed by atoms with Crippen LogP contribution in [-0.2, 0) is 11.2 Å². The smallest absolute Gasteiger partial charge is 0.226 e. The van der Waals surface area contributed by atoms with Crippen molar-refractivity contribution in [1.82, 2.24) is 4.90 Å². The Hall–Kier alpha value is -1.38. The van der Waals surface area contributed by atoms with Crippen LogP contribution in [0.2, 0.25) is 0 Å². The number of hydrogen-bond donors (Lipinski definition) is 0. The lowest BCUT2D eigenvalue weighted by atomic mass is 10.1. The van der Waals surface area contributed by atoms with E-state index in [2.05, 4.69) is 6.92 Å². The second kappa shape index (κ2) is 6.26. The molecule has 0 atom stereocenters. The number of unbranched alkanes of at least 4 members (excludes halogenated alkanes) is 1. The lowest BCUT2D eigenvalue weighted by molar-refractivity contribution is -0.129. The molecule has 1 amide bonds. The fourth-order valence-corrected chi connectivity index (χ4v) is 1.43. The number of carbonyl (C=O) groups is 1. The Balaban J connectivity index is 2.47. The molecule has 0 radical (unpaired) electrons. The van der Waals surface area contributed by atoms with E-state index in [4.69, 9.17) is 0 Å². The van der Waals surface area contributed by atoms with E-state index in [-0.39, 0.29) is 11.7 Å². The van der Waals surface area contributed by atoms with Crippen molar-refractivity contribution in [2.75, 3.05) is 13.6 Å². The zero-order chi connectivity index (χ0) is 12.0. The Bertz CT molecular complexity index is 334. The summed E-state index contributed by atoms with van der Waals surface area (Å²) < 4.78 is 12.7. The number of benzene rings is 1. The number of carbonyl (C=O) groups excluding carboxylic acids is 1. The van der Waals surface area contributed by atoms with E-state index < -0.39 is 0 Å². The van der Waals surface area contributed by atoms with Crippen LogP contribution < -0.4 is 0 Å². The molecule has 16 heavy (non-hydrogen) atoms. The third kappa shape index (κ3) is 4.01. The van der Waals surface area contributed by atoms with Crippen molar-refractivity contribution in [3.63, 3.8) is 0 Å². The zero-order valence-corrected chi connectivity index (χ0v) is 9.87. The highest BCUT2D eigenvalue weighted by atomic mass is 19.1. The van der Waals surface area contributed by atoms with Crippen LogP contribution in [0.4, 0.5) is 4.39 Å². The van der Waals surface area contributed by atoms with E-state index in [1.54, 1.807) is 17.0 Å². The molecule has 0 N–H and O–H groups in total. The number of rotatable bonds is 5. The third-order valence-corrected chi connectivity index (χ3v) is 2.54. The maximum atomic E-state index is 12.7. The van der Waals surface area contributed by atoms with E-state index in [1.807, 2.05) is 7.05 Å². The molecule has 1 rings (SSSR count). The van der Waals surface area contributed by atoms with E-state index in [0.29, 0.717) is 6.42 Å². The highest BCUT2D eigenvalue weighted by molar-refractivity contribution is 5.78. The molecule has 0 aliphatic heterocycles. The summed E-state index contributed by atoms with van der Waals surface area (Å²) in [7, 11) is 1.81. The lowest BCUT2D eigenvalue weighted by Crippen LogP contribution is -2.29. The van der Waals surface area contributed by atoms with Crippen LogP contribution in [0.15, 0.2) is 24.3 Å². The van der Waals surface area contributed by atoms with Gasteiger partial charge in [-0.3, -0.25) is 4.79 Å². The fraction of sp³-hybridized carbons (Fsp3) is 0.462. The highest BCUT2D eigenvalue weighted by Crippen LogP contribution is 2.05. The summed E-state index contributed by atoms with van der Waals surface area (Å²) in [5, 5.41) is 0. The number of halogens is 1. The molecular weight excluding hydrogens is 205 g/mol. The number of hydrogen-bond acceptors (Lipinski definition) is 1. The molecule has 0 saturated heterocycles. The first kappa shape index (κ1) is 12.7. The molecule has 88 valence electrons. The number of amides is 1. The van der Waals surface area contributed by atoms with Gasteiger partial charge in [0, 0.05) is 13.6 Å². The summed E-state index contributed by atoms with van der Waals surface area (Å²) in [6, 6.07) is 6.07. The molecule has 0 aromatic heterocycles. The minimum Gasteiger partial charge on any atom is -0.345 e. The van der Waals surface area contributed by atoms with Crippen LogP contribution in [0.25, 0.3) is 0 Å². The monoisotopic (exact) mass is 223 g/mol. The second-order valence-electron chi connectivity index (χ2n) is 3.97. The molecule has 0 aliphatic rings. The van der Waals surface area contributed by atoms with Gasteiger partial charge in [-0.15, -0.1) is 0 Å². The van der Waals surface area contributed by atoms with Gasteiger partial charge < -0.3 is 4.90 Å². The van der Waals surface area contributed by atoms with E-state index in [1.165, 1.54) is 12.1 Å². The lowest BCUT2D eigenvalue weighted by Gasteiger charge is -2.16. The summed E-state index contributed by atoms with van der Waals surface area (Å²) in [4.78, 5) is 13.5. The topological polar surface area (TPSA) is 20.3 Å². The first-order chi connectivity index (χ1) is 7.63. The van der Waals surface area contributed by atoms with Crippen LogP contribution in [-0.4, -0.2) is 24.4 Å². The minimum absolute atomic E-state index is 0.0834. The zero-order valence-electron chi connectivity index (χ0n) is 9.87. The van der Waals surface area contributed by atoms with Gasteiger partial charge in [0.05, 0.1) is 6.42 Å². The van der Waals surface area contributed by atoms with Gasteiger partial charge in [0.15, 0.2) is 0 Å². The molecule has 1 aromatic rings. The van der Waals surface area contributed by atoms with Crippen LogP contribution in [0.5, 0.6) is 0 Å². The first-order valence-corrected chi connectivity index (χ1v) is 5.62. The van der Waals surface area contributed by atoms with Gasteiger partial charge in [-0.1, -0.05) is 25.5 Å². The summed E-state index contributed by atoms with van der Waals surface area (Å²) in [5.41, 5.74) is 0.856. The van der Waals surface area contributed by atoms with Gasteiger partial charge in [-0.2, -0.15) is 0 Å². The molecule has 2 nitrogen and oxygen atoms in total. The summed E-state index contributed by atoms with van der Waals surface area (Å²) in [5.74, 6) is -0.185. The average Bonchev–Trinajstić information content (AvgIpc) is 2.29. The van der Waals surface area contributed by atoms with Crippen LogP contribution in [0.3, 0.4) is 0 Å². The van der Waals surface area contributed by atoms with E-state index in [9.17, 15) is 9.18 Å². The highest BCUT2D eigenvalue weighted by Gasteiger charge is 2.08. The SMILES string of the molecule is CCCCN(C)C(=O)Cc1ccc(F)cc1. The molecule has 0 unspecified atom stereocenters. The van der Waals surface area contributed by atoms with Crippen LogP contribution in [0.1, 0.15) is 25.3 Å². The molecule has 0 saturated carbocycles. The summed E-state index contributed by atoms with van der Waals surface area (Å²) in [6.45, 7) is 2.88. The van der Waals surface area contributed by atoms with Crippen molar-refractivity contribution in [3.05, 3.63) is 35.6 Å². The molecule has 0 aliphatic carbocycles. The second-order valence-corrected chi connectivity index (χ2v) is 3.97. The van der Waals surface area contributed by atoms with Crippen molar-refractivity contribution >= 4 is 5.91 Å². The Morgan fingerprint density at radius 1 is 1.31 bits per heavy atom.